The van der Waals surface area contributed by atoms with Crippen molar-refractivity contribution in [3.05, 3.63) is 60.2 Å². The van der Waals surface area contributed by atoms with Gasteiger partial charge in [-0.25, -0.2) is 0 Å². The second-order valence-corrected chi connectivity index (χ2v) is 8.98. The molecule has 1 fully saturated rings. The smallest absolute Gasteiger partial charge is 0.0924 e. The van der Waals surface area contributed by atoms with E-state index in [0.29, 0.717) is 11.8 Å². The van der Waals surface area contributed by atoms with Crippen LogP contribution in [0.5, 0.6) is 0 Å². The third-order valence-corrected chi connectivity index (χ3v) is 7.04. The summed E-state index contributed by atoms with van der Waals surface area (Å²) in [5.74, 6) is 3.01. The Morgan fingerprint density at radius 1 is 0.724 bits per heavy atom. The van der Waals surface area contributed by atoms with Crippen LogP contribution in [0.15, 0.2) is 59.0 Å². The van der Waals surface area contributed by atoms with E-state index in [2.05, 4.69) is 42.9 Å². The molecule has 1 aliphatic heterocycles. The predicted molar refractivity (Wildman–Crippen MR) is 119 cm³/mol. The van der Waals surface area contributed by atoms with Gasteiger partial charge in [-0.15, -0.1) is 0 Å². The van der Waals surface area contributed by atoms with Crippen LogP contribution < -0.4 is 0 Å². The molecule has 29 heavy (non-hydrogen) atoms. The van der Waals surface area contributed by atoms with Crippen molar-refractivity contribution >= 4 is 11.4 Å². The molecule has 1 aliphatic carbocycles. The summed E-state index contributed by atoms with van der Waals surface area (Å²) >= 11 is 0. The molecule has 2 aromatic rings. The molecular formula is C25H32N4. The van der Waals surface area contributed by atoms with Crippen molar-refractivity contribution in [1.82, 2.24) is 9.97 Å². The minimum Gasteiger partial charge on any atom is -0.255 e. The van der Waals surface area contributed by atoms with E-state index in [4.69, 9.17) is 10.2 Å². The molecule has 4 atom stereocenters. The van der Waals surface area contributed by atoms with Gasteiger partial charge in [0.1, 0.15) is 0 Å². The lowest BCUT2D eigenvalue weighted by Gasteiger charge is -2.37. The molecule has 0 aromatic carbocycles. The van der Waals surface area contributed by atoms with Crippen molar-refractivity contribution in [3.8, 4) is 0 Å². The van der Waals surface area contributed by atoms with E-state index in [9.17, 15) is 0 Å². The molecule has 152 valence electrons. The van der Waals surface area contributed by atoms with E-state index < -0.39 is 0 Å². The third kappa shape index (κ3) is 4.31. The van der Waals surface area contributed by atoms with E-state index in [-0.39, 0.29) is 0 Å². The zero-order valence-electron chi connectivity index (χ0n) is 17.8. The summed E-state index contributed by atoms with van der Waals surface area (Å²) in [4.78, 5) is 9.21. The molecule has 0 N–H and O–H groups in total. The number of hydrogen-bond acceptors (Lipinski definition) is 4. The second kappa shape index (κ2) is 8.98. The summed E-state index contributed by atoms with van der Waals surface area (Å²) in [5.41, 5.74) is 4.07. The lowest BCUT2D eigenvalue weighted by atomic mass is 9.69. The number of pyridine rings is 2. The topological polar surface area (TPSA) is 50.5 Å². The highest BCUT2D eigenvalue weighted by Gasteiger charge is 2.37. The standard InChI is InChI=1S/C25H32N4/c1-17(2)18(3)19-9-8-10-20-21(14-13-19)25(23-12-5-7-16-27-23)29-28-24(20)22-11-4-6-15-26-22/h4-7,11-12,15-21H,8-10,13-14H2,1-3H3. The van der Waals surface area contributed by atoms with Crippen molar-refractivity contribution in [2.45, 2.75) is 52.9 Å². The lowest BCUT2D eigenvalue weighted by Crippen LogP contribution is -2.37. The zero-order chi connectivity index (χ0) is 20.2. The Labute approximate surface area is 174 Å². The van der Waals surface area contributed by atoms with Gasteiger partial charge in [0.05, 0.1) is 22.8 Å². The first-order valence-electron chi connectivity index (χ1n) is 11.1. The van der Waals surface area contributed by atoms with E-state index in [0.717, 1.165) is 53.4 Å². The van der Waals surface area contributed by atoms with Gasteiger partial charge in [0, 0.05) is 24.2 Å². The van der Waals surface area contributed by atoms with Crippen molar-refractivity contribution in [3.63, 3.8) is 0 Å². The number of hydrogen-bond donors (Lipinski definition) is 0. The van der Waals surface area contributed by atoms with Crippen LogP contribution >= 0.6 is 0 Å². The van der Waals surface area contributed by atoms with Gasteiger partial charge in [0.2, 0.25) is 0 Å². The summed E-state index contributed by atoms with van der Waals surface area (Å²) < 4.78 is 0. The minimum atomic E-state index is 0.363. The largest absolute Gasteiger partial charge is 0.255 e. The van der Waals surface area contributed by atoms with Crippen LogP contribution in [-0.2, 0) is 0 Å². The summed E-state index contributed by atoms with van der Waals surface area (Å²) in [6.45, 7) is 7.16. The van der Waals surface area contributed by atoms with Gasteiger partial charge in [-0.3, -0.25) is 9.97 Å². The number of fused-ring (bicyclic) bond motifs is 1. The Kier molecular flexibility index (Phi) is 6.17. The molecule has 4 unspecified atom stereocenters. The first kappa shape index (κ1) is 19.9. The van der Waals surface area contributed by atoms with Crippen LogP contribution in [0.25, 0.3) is 0 Å². The fraction of sp³-hybridized carbons (Fsp3) is 0.520. The fourth-order valence-electron chi connectivity index (χ4n) is 5.03. The Hall–Kier alpha value is -2.36. The van der Waals surface area contributed by atoms with Crippen molar-refractivity contribution in [2.75, 3.05) is 0 Å². The number of rotatable bonds is 4. The molecule has 4 nitrogen and oxygen atoms in total. The van der Waals surface area contributed by atoms with E-state index >= 15 is 0 Å². The molecule has 0 radical (unpaired) electrons. The minimum absolute atomic E-state index is 0.363. The van der Waals surface area contributed by atoms with Crippen LogP contribution in [0.2, 0.25) is 0 Å². The van der Waals surface area contributed by atoms with Crippen molar-refractivity contribution in [2.24, 2.45) is 39.8 Å². The van der Waals surface area contributed by atoms with Crippen LogP contribution in [0, 0.1) is 29.6 Å². The van der Waals surface area contributed by atoms with Gasteiger partial charge in [-0.1, -0.05) is 45.7 Å². The summed E-state index contributed by atoms with van der Waals surface area (Å²) in [6, 6.07) is 12.2. The highest BCUT2D eigenvalue weighted by atomic mass is 15.2. The second-order valence-electron chi connectivity index (χ2n) is 8.98. The molecule has 2 aromatic heterocycles. The molecule has 4 rings (SSSR count). The molecule has 0 bridgehead atoms. The first-order valence-corrected chi connectivity index (χ1v) is 11.1. The molecule has 0 saturated heterocycles. The van der Waals surface area contributed by atoms with Crippen LogP contribution in [0.1, 0.15) is 64.3 Å². The summed E-state index contributed by atoms with van der Waals surface area (Å²) in [7, 11) is 0. The first-order chi connectivity index (χ1) is 14.1. The average Bonchev–Trinajstić information content (AvgIpc) is 2.74. The van der Waals surface area contributed by atoms with Crippen LogP contribution in [0.4, 0.5) is 0 Å². The lowest BCUT2D eigenvalue weighted by molar-refractivity contribution is 0.210. The quantitative estimate of drug-likeness (QED) is 0.666. The average molecular weight is 389 g/mol. The van der Waals surface area contributed by atoms with Crippen LogP contribution in [0.3, 0.4) is 0 Å². The van der Waals surface area contributed by atoms with Gasteiger partial charge in [-0.2, -0.15) is 10.2 Å². The molecular weight excluding hydrogens is 356 g/mol. The maximum Gasteiger partial charge on any atom is 0.0924 e. The van der Waals surface area contributed by atoms with Gasteiger partial charge in [0.15, 0.2) is 0 Å². The highest BCUT2D eigenvalue weighted by Crippen LogP contribution is 2.40. The summed E-state index contributed by atoms with van der Waals surface area (Å²) in [6.07, 6.45) is 9.81. The van der Waals surface area contributed by atoms with Gasteiger partial charge in [0.25, 0.3) is 0 Å². The molecule has 0 spiro atoms. The molecule has 2 aliphatic rings. The van der Waals surface area contributed by atoms with Crippen LogP contribution in [-0.4, -0.2) is 21.4 Å². The highest BCUT2D eigenvalue weighted by molar-refractivity contribution is 6.10. The fourth-order valence-corrected chi connectivity index (χ4v) is 5.03. The van der Waals surface area contributed by atoms with E-state index in [1.807, 2.05) is 36.7 Å². The van der Waals surface area contributed by atoms with E-state index in [1.165, 1.54) is 19.3 Å². The maximum atomic E-state index is 4.72. The Morgan fingerprint density at radius 3 is 1.83 bits per heavy atom. The Balaban J connectivity index is 1.68. The summed E-state index contributed by atoms with van der Waals surface area (Å²) in [5, 5.41) is 9.42. The third-order valence-electron chi connectivity index (χ3n) is 7.04. The molecule has 4 heteroatoms. The molecule has 0 amide bonds. The predicted octanol–water partition coefficient (Wildman–Crippen LogP) is 5.79. The van der Waals surface area contributed by atoms with E-state index in [1.54, 1.807) is 0 Å². The SMILES string of the molecule is CC(C)C(C)C1CCCC2C(c3ccccn3)=NN=C(c3ccccn3)C2CC1. The van der Waals surface area contributed by atoms with Gasteiger partial charge >= 0.3 is 0 Å². The normalized spacial score (nSPS) is 26.0. The number of nitrogens with zero attached hydrogens (tertiary/aromatic N) is 4. The monoisotopic (exact) mass is 388 g/mol. The zero-order valence-corrected chi connectivity index (χ0v) is 17.8. The Morgan fingerprint density at radius 2 is 1.31 bits per heavy atom. The Bertz CT molecular complexity index is 857. The van der Waals surface area contributed by atoms with Crippen molar-refractivity contribution < 1.29 is 0 Å². The molecule has 1 saturated carbocycles. The van der Waals surface area contributed by atoms with Gasteiger partial charge < -0.3 is 0 Å². The maximum absolute atomic E-state index is 4.72. The van der Waals surface area contributed by atoms with Gasteiger partial charge in [-0.05, 0) is 61.3 Å². The molecule has 3 heterocycles. The number of aromatic nitrogens is 2. The van der Waals surface area contributed by atoms with Crippen molar-refractivity contribution in [1.29, 1.82) is 0 Å².